The molecule has 0 aliphatic rings. The molecule has 1 N–H and O–H groups in total. The van der Waals surface area contributed by atoms with Crippen molar-refractivity contribution >= 4 is 56.4 Å². The normalized spacial score (nSPS) is 11.0. The molecule has 0 atom stereocenters. The highest BCUT2D eigenvalue weighted by Gasteiger charge is 2.27. The molecule has 5 rings (SSSR count). The van der Waals surface area contributed by atoms with E-state index in [1.54, 1.807) is 66.0 Å². The fraction of sp³-hybridized carbons (Fsp3) is 0.111. The van der Waals surface area contributed by atoms with E-state index in [9.17, 15) is 9.59 Å². The number of nitrogens with zero attached hydrogens (tertiary/aromatic N) is 3. The Bertz CT molecular complexity index is 1550. The number of pyridine rings is 1. The number of benzene rings is 2. The fourth-order valence-electron chi connectivity index (χ4n) is 4.24. The van der Waals surface area contributed by atoms with Gasteiger partial charge in [0, 0.05) is 51.2 Å². The van der Waals surface area contributed by atoms with Gasteiger partial charge in [0.25, 0.3) is 0 Å². The van der Waals surface area contributed by atoms with Crippen molar-refractivity contribution in [2.24, 2.45) is 0 Å². The quantitative estimate of drug-likeness (QED) is 0.263. The number of methoxy groups -OCH3 is 1. The summed E-state index contributed by atoms with van der Waals surface area (Å²) in [5.74, 6) is 0.0293. The highest BCUT2D eigenvalue weighted by atomic mass is 35.5. The number of carbonyl (C=O) groups is 2. The summed E-state index contributed by atoms with van der Waals surface area (Å²) in [6, 6.07) is 13.9. The molecule has 3 aromatic heterocycles. The van der Waals surface area contributed by atoms with Gasteiger partial charge in [-0.2, -0.15) is 0 Å². The van der Waals surface area contributed by atoms with E-state index < -0.39 is 0 Å². The van der Waals surface area contributed by atoms with Crippen molar-refractivity contribution in [2.75, 3.05) is 12.0 Å². The molecule has 0 saturated heterocycles. The number of thiazole rings is 1. The van der Waals surface area contributed by atoms with Gasteiger partial charge in [-0.15, -0.1) is 11.3 Å². The second kappa shape index (κ2) is 9.93. The van der Waals surface area contributed by atoms with Gasteiger partial charge in [0.15, 0.2) is 10.9 Å². The highest BCUT2D eigenvalue weighted by Crippen LogP contribution is 2.36. The maximum absolute atomic E-state index is 13.8. The molecule has 5 aromatic rings. The fourth-order valence-corrected chi connectivity index (χ4v) is 5.04. The molecule has 3 heterocycles. The standard InChI is InChI=1S/C27H21ClN4O3S/c1-16-20(15-23(33)32(27-30-13-14-36-27)19-9-11-29-12-10-19)24-21(31-16)7-8-22(35-2)25(24)26(34)17-3-5-18(28)6-4-17/h3-14,31H,15H2,1-2H3. The lowest BCUT2D eigenvalue weighted by atomic mass is 9.95. The van der Waals surface area contributed by atoms with Crippen molar-refractivity contribution in [3.05, 3.63) is 99.9 Å². The Hall–Kier alpha value is -4.01. The van der Waals surface area contributed by atoms with Crippen LogP contribution < -0.4 is 9.64 Å². The van der Waals surface area contributed by atoms with Crippen molar-refractivity contribution < 1.29 is 14.3 Å². The Kier molecular flexibility index (Phi) is 6.54. The summed E-state index contributed by atoms with van der Waals surface area (Å²) >= 11 is 7.40. The number of hydrogen-bond acceptors (Lipinski definition) is 6. The SMILES string of the molecule is COc1ccc2[nH]c(C)c(CC(=O)N(c3ccncc3)c3nccs3)c2c1C(=O)c1ccc(Cl)cc1. The first-order valence-corrected chi connectivity index (χ1v) is 12.3. The van der Waals surface area contributed by atoms with Crippen LogP contribution in [0.4, 0.5) is 10.8 Å². The topological polar surface area (TPSA) is 88.2 Å². The minimum Gasteiger partial charge on any atom is -0.496 e. The summed E-state index contributed by atoms with van der Waals surface area (Å²) in [7, 11) is 1.53. The molecule has 7 nitrogen and oxygen atoms in total. The molecule has 1 amide bonds. The lowest BCUT2D eigenvalue weighted by molar-refractivity contribution is -0.117. The number of H-pyrrole nitrogens is 1. The van der Waals surface area contributed by atoms with Crippen LogP contribution in [0, 0.1) is 6.92 Å². The first-order valence-electron chi connectivity index (χ1n) is 11.1. The van der Waals surface area contributed by atoms with Gasteiger partial charge >= 0.3 is 0 Å². The molecule has 0 radical (unpaired) electrons. The Morgan fingerprint density at radius 2 is 1.81 bits per heavy atom. The molecule has 0 aliphatic carbocycles. The minimum absolute atomic E-state index is 0.0435. The summed E-state index contributed by atoms with van der Waals surface area (Å²) in [5, 5.41) is 3.58. The third kappa shape index (κ3) is 4.36. The lowest BCUT2D eigenvalue weighted by Gasteiger charge is -2.20. The minimum atomic E-state index is -0.215. The van der Waals surface area contributed by atoms with E-state index in [1.807, 2.05) is 18.4 Å². The monoisotopic (exact) mass is 516 g/mol. The average molecular weight is 517 g/mol. The maximum Gasteiger partial charge on any atom is 0.237 e. The van der Waals surface area contributed by atoms with Gasteiger partial charge in [-0.1, -0.05) is 11.6 Å². The van der Waals surface area contributed by atoms with Crippen molar-refractivity contribution in [3.8, 4) is 5.75 Å². The van der Waals surface area contributed by atoms with Crippen LogP contribution in [0.1, 0.15) is 27.2 Å². The van der Waals surface area contributed by atoms with Crippen LogP contribution in [0.2, 0.25) is 5.02 Å². The molecule has 0 bridgehead atoms. The smallest absolute Gasteiger partial charge is 0.237 e. The molecular weight excluding hydrogens is 496 g/mol. The molecule has 180 valence electrons. The molecular formula is C27H21ClN4O3S. The number of rotatable bonds is 7. The first-order chi connectivity index (χ1) is 17.5. The molecule has 9 heteroatoms. The lowest BCUT2D eigenvalue weighted by Crippen LogP contribution is -2.27. The summed E-state index contributed by atoms with van der Waals surface area (Å²) < 4.78 is 5.59. The molecule has 0 aliphatic heterocycles. The number of amides is 1. The van der Waals surface area contributed by atoms with Crippen LogP contribution in [0.15, 0.2) is 72.5 Å². The highest BCUT2D eigenvalue weighted by molar-refractivity contribution is 7.13. The number of anilines is 2. The Morgan fingerprint density at radius 3 is 2.47 bits per heavy atom. The zero-order chi connectivity index (χ0) is 25.2. The van der Waals surface area contributed by atoms with E-state index in [-0.39, 0.29) is 18.1 Å². The van der Waals surface area contributed by atoms with Crippen LogP contribution in [-0.2, 0) is 11.2 Å². The number of aryl methyl sites for hydroxylation is 1. The van der Waals surface area contributed by atoms with E-state index in [1.165, 1.54) is 18.4 Å². The molecule has 0 unspecified atom stereocenters. The van der Waals surface area contributed by atoms with Gasteiger partial charge in [-0.05, 0) is 61.0 Å². The van der Waals surface area contributed by atoms with Crippen LogP contribution in [-0.4, -0.2) is 33.8 Å². The maximum atomic E-state index is 13.8. The van der Waals surface area contributed by atoms with Gasteiger partial charge in [-0.25, -0.2) is 4.98 Å². The zero-order valence-corrected chi connectivity index (χ0v) is 21.1. The van der Waals surface area contributed by atoms with Crippen LogP contribution in [0.5, 0.6) is 5.75 Å². The third-order valence-corrected chi connectivity index (χ3v) is 6.91. The predicted octanol–water partition coefficient (Wildman–Crippen LogP) is 6.13. The van der Waals surface area contributed by atoms with Crippen LogP contribution >= 0.6 is 22.9 Å². The van der Waals surface area contributed by atoms with Crippen molar-refractivity contribution in [3.63, 3.8) is 0 Å². The van der Waals surface area contributed by atoms with E-state index in [0.29, 0.717) is 38.1 Å². The average Bonchev–Trinajstić information content (AvgIpc) is 3.52. The Labute approximate surface area is 216 Å². The summed E-state index contributed by atoms with van der Waals surface area (Å²) in [4.78, 5) is 40.8. The first kappa shape index (κ1) is 23.7. The van der Waals surface area contributed by atoms with E-state index in [4.69, 9.17) is 16.3 Å². The van der Waals surface area contributed by atoms with Crippen molar-refractivity contribution in [1.82, 2.24) is 15.0 Å². The van der Waals surface area contributed by atoms with E-state index >= 15 is 0 Å². The molecule has 36 heavy (non-hydrogen) atoms. The van der Waals surface area contributed by atoms with Crippen LogP contribution in [0.3, 0.4) is 0 Å². The summed E-state index contributed by atoms with van der Waals surface area (Å²) in [6.45, 7) is 1.89. The number of ketones is 1. The van der Waals surface area contributed by atoms with Gasteiger partial charge in [0.05, 0.1) is 24.8 Å². The second-order valence-corrected chi connectivity index (χ2v) is 9.37. The summed E-state index contributed by atoms with van der Waals surface area (Å²) in [5.41, 5.74) is 3.81. The summed E-state index contributed by atoms with van der Waals surface area (Å²) in [6.07, 6.45) is 4.97. The Balaban J connectivity index is 1.63. The van der Waals surface area contributed by atoms with Gasteiger partial charge < -0.3 is 9.72 Å². The Morgan fingerprint density at radius 1 is 1.06 bits per heavy atom. The van der Waals surface area contributed by atoms with Crippen LogP contribution in [0.25, 0.3) is 10.9 Å². The van der Waals surface area contributed by atoms with Crippen molar-refractivity contribution in [2.45, 2.75) is 13.3 Å². The molecule has 0 spiro atoms. The molecule has 2 aromatic carbocycles. The number of fused-ring (bicyclic) bond motifs is 1. The van der Waals surface area contributed by atoms with Crippen molar-refractivity contribution in [1.29, 1.82) is 0 Å². The molecule has 0 saturated carbocycles. The number of ether oxygens (including phenoxy) is 1. The molecule has 0 fully saturated rings. The number of aromatic nitrogens is 3. The zero-order valence-electron chi connectivity index (χ0n) is 19.5. The largest absolute Gasteiger partial charge is 0.496 e. The second-order valence-electron chi connectivity index (χ2n) is 8.06. The van der Waals surface area contributed by atoms with Gasteiger partial charge in [-0.3, -0.25) is 19.5 Å². The number of halogens is 1. The van der Waals surface area contributed by atoms with Gasteiger partial charge in [0.2, 0.25) is 5.91 Å². The number of hydrogen-bond donors (Lipinski definition) is 1. The van der Waals surface area contributed by atoms with E-state index in [0.717, 1.165) is 16.8 Å². The number of carbonyl (C=O) groups excluding carboxylic acids is 2. The van der Waals surface area contributed by atoms with Gasteiger partial charge in [0.1, 0.15) is 5.75 Å². The third-order valence-electron chi connectivity index (χ3n) is 5.91. The van der Waals surface area contributed by atoms with E-state index in [2.05, 4.69) is 15.0 Å². The number of nitrogens with one attached hydrogen (secondary N) is 1. The number of aromatic amines is 1. The predicted molar refractivity (Wildman–Crippen MR) is 142 cm³/mol.